The lowest BCUT2D eigenvalue weighted by Gasteiger charge is -2.18. The van der Waals surface area contributed by atoms with E-state index in [4.69, 9.17) is 21.9 Å². The highest BCUT2D eigenvalue weighted by Gasteiger charge is 2.37. The summed E-state index contributed by atoms with van der Waals surface area (Å²) in [5.74, 6) is -1.90. The van der Waals surface area contributed by atoms with Crippen LogP contribution in [-0.4, -0.2) is 18.0 Å². The van der Waals surface area contributed by atoms with Crippen LogP contribution in [0.5, 0.6) is 0 Å². The number of primary amides is 1. The maximum absolute atomic E-state index is 14.8. The molecule has 140 valence electrons. The fourth-order valence-electron chi connectivity index (χ4n) is 2.91. The molecule has 2 aromatic carbocycles. The third-order valence-electron chi connectivity index (χ3n) is 4.14. The molecule has 1 heterocycles. The van der Waals surface area contributed by atoms with E-state index in [1.807, 2.05) is 12.1 Å². The van der Waals surface area contributed by atoms with Crippen molar-refractivity contribution < 1.29 is 18.3 Å². The lowest BCUT2D eigenvalue weighted by molar-refractivity contribution is 0.0997. The molecule has 7 nitrogen and oxygen atoms in total. The number of rotatable bonds is 4. The Balaban J connectivity index is 2.49. The summed E-state index contributed by atoms with van der Waals surface area (Å²) in [4.78, 5) is 14.6. The second-order valence-electron chi connectivity index (χ2n) is 5.72. The first kappa shape index (κ1) is 19.6. The zero-order valence-electron chi connectivity index (χ0n) is 14.3. The van der Waals surface area contributed by atoms with Gasteiger partial charge >= 0.3 is 0 Å². The van der Waals surface area contributed by atoms with Crippen LogP contribution in [0.15, 0.2) is 30.3 Å². The Hall–Kier alpha value is -3.16. The van der Waals surface area contributed by atoms with Gasteiger partial charge in [-0.2, -0.15) is 10.5 Å². The average Bonchev–Trinajstić information content (AvgIpc) is 3.11. The van der Waals surface area contributed by atoms with Crippen molar-refractivity contribution in [2.45, 2.75) is 0 Å². The van der Waals surface area contributed by atoms with Crippen LogP contribution in [0.2, 0.25) is 5.02 Å². The first-order valence-electron chi connectivity index (χ1n) is 7.68. The molecule has 10 heteroatoms. The van der Waals surface area contributed by atoms with Gasteiger partial charge in [-0.25, -0.2) is 4.39 Å². The SMILES string of the molecule is COP(=O)(c1cc(C#N)cc(C#N)c1)c1c(C(N)=O)[nH]c2ccc(Cl)c(F)c12. The summed E-state index contributed by atoms with van der Waals surface area (Å²) in [6, 6.07) is 10.2. The average molecular weight is 417 g/mol. The smallest absolute Gasteiger partial charge is 0.266 e. The molecular formula is C18H11ClFN4O3P. The molecule has 0 aliphatic carbocycles. The zero-order valence-corrected chi connectivity index (χ0v) is 15.9. The van der Waals surface area contributed by atoms with Crippen LogP contribution >= 0.6 is 19.0 Å². The van der Waals surface area contributed by atoms with Crippen LogP contribution in [0.1, 0.15) is 21.6 Å². The minimum Gasteiger partial charge on any atom is -0.364 e. The van der Waals surface area contributed by atoms with E-state index in [1.165, 1.54) is 30.3 Å². The minimum atomic E-state index is -4.15. The maximum atomic E-state index is 14.8. The van der Waals surface area contributed by atoms with Crippen molar-refractivity contribution in [2.24, 2.45) is 5.73 Å². The van der Waals surface area contributed by atoms with Gasteiger partial charge in [-0.05, 0) is 30.3 Å². The molecule has 1 unspecified atom stereocenters. The van der Waals surface area contributed by atoms with Crippen molar-refractivity contribution in [3.05, 3.63) is 58.0 Å². The van der Waals surface area contributed by atoms with Crippen LogP contribution in [0, 0.1) is 28.5 Å². The highest BCUT2D eigenvalue weighted by Crippen LogP contribution is 2.48. The van der Waals surface area contributed by atoms with Gasteiger partial charge in [0.25, 0.3) is 13.3 Å². The Labute approximate surface area is 163 Å². The number of nitriles is 2. The number of fused-ring (bicyclic) bond motifs is 1. The molecule has 0 bridgehead atoms. The van der Waals surface area contributed by atoms with Crippen LogP contribution in [0.3, 0.4) is 0 Å². The van der Waals surface area contributed by atoms with Gasteiger partial charge in [0.1, 0.15) is 5.69 Å². The predicted octanol–water partition coefficient (Wildman–Crippen LogP) is 2.68. The van der Waals surface area contributed by atoms with E-state index in [0.717, 1.165) is 7.11 Å². The van der Waals surface area contributed by atoms with Crippen LogP contribution in [-0.2, 0) is 9.09 Å². The molecule has 28 heavy (non-hydrogen) atoms. The summed E-state index contributed by atoms with van der Waals surface area (Å²) in [6.07, 6.45) is 0. The predicted molar refractivity (Wildman–Crippen MR) is 102 cm³/mol. The van der Waals surface area contributed by atoms with Crippen LogP contribution in [0.4, 0.5) is 4.39 Å². The quantitative estimate of drug-likeness (QED) is 0.631. The number of nitrogens with two attached hydrogens (primary N) is 1. The van der Waals surface area contributed by atoms with E-state index in [0.29, 0.717) is 0 Å². The summed E-state index contributed by atoms with van der Waals surface area (Å²) in [6.45, 7) is 0. The van der Waals surface area contributed by atoms with Gasteiger partial charge in [-0.1, -0.05) is 11.6 Å². The summed E-state index contributed by atoms with van der Waals surface area (Å²) < 4.78 is 34.0. The van der Waals surface area contributed by atoms with E-state index in [2.05, 4.69) is 4.98 Å². The number of amides is 1. The van der Waals surface area contributed by atoms with Gasteiger partial charge in [0.2, 0.25) is 0 Å². The molecule has 3 N–H and O–H groups in total. The molecule has 1 atom stereocenters. The van der Waals surface area contributed by atoms with Gasteiger partial charge in [0.05, 0.1) is 39.0 Å². The van der Waals surface area contributed by atoms with Crippen molar-refractivity contribution in [3.63, 3.8) is 0 Å². The van der Waals surface area contributed by atoms with E-state index >= 15 is 0 Å². The molecule has 0 aliphatic heterocycles. The van der Waals surface area contributed by atoms with Gasteiger partial charge in [0.15, 0.2) is 5.82 Å². The lowest BCUT2D eigenvalue weighted by Crippen LogP contribution is -2.26. The Kier molecular flexibility index (Phi) is 4.97. The number of H-pyrrole nitrogens is 1. The number of hydrogen-bond acceptors (Lipinski definition) is 5. The summed E-state index contributed by atoms with van der Waals surface area (Å²) in [5, 5.41) is 17.6. The number of aromatic amines is 1. The third-order valence-corrected chi connectivity index (χ3v) is 6.92. The number of halogens is 2. The highest BCUT2D eigenvalue weighted by atomic mass is 35.5. The summed E-state index contributed by atoms with van der Waals surface area (Å²) >= 11 is 5.86. The van der Waals surface area contributed by atoms with Crippen molar-refractivity contribution >= 4 is 46.4 Å². The molecule has 0 fully saturated rings. The Bertz CT molecular complexity index is 1240. The highest BCUT2D eigenvalue weighted by molar-refractivity contribution is 7.75. The van der Waals surface area contributed by atoms with Crippen LogP contribution in [0.25, 0.3) is 10.9 Å². The normalized spacial score (nSPS) is 12.9. The van der Waals surface area contributed by atoms with Gasteiger partial charge in [0, 0.05) is 17.9 Å². The number of benzene rings is 2. The fraction of sp³-hybridized carbons (Fsp3) is 0.0556. The molecular weight excluding hydrogens is 406 g/mol. The van der Waals surface area contributed by atoms with Crippen molar-refractivity contribution in [2.75, 3.05) is 7.11 Å². The molecule has 0 saturated carbocycles. The number of nitrogens with one attached hydrogen (secondary N) is 1. The van der Waals surface area contributed by atoms with E-state index in [1.54, 1.807) is 0 Å². The molecule has 3 rings (SSSR count). The number of carbonyl (C=O) groups is 1. The summed E-state index contributed by atoms with van der Waals surface area (Å²) in [7, 11) is -3.05. The molecule has 0 radical (unpaired) electrons. The third kappa shape index (κ3) is 2.94. The lowest BCUT2D eigenvalue weighted by atomic mass is 10.1. The minimum absolute atomic E-state index is 0.0466. The molecule has 3 aromatic rings. The first-order valence-corrected chi connectivity index (χ1v) is 9.68. The number of nitrogens with zero attached hydrogens (tertiary/aromatic N) is 2. The van der Waals surface area contributed by atoms with E-state index < -0.39 is 19.1 Å². The van der Waals surface area contributed by atoms with E-state index in [9.17, 15) is 24.3 Å². The summed E-state index contributed by atoms with van der Waals surface area (Å²) in [5.41, 5.74) is 5.32. The molecule has 0 aliphatic rings. The van der Waals surface area contributed by atoms with Crippen LogP contribution < -0.4 is 16.3 Å². The standard InChI is InChI=1S/C18H11ClFN4O3P/c1-27-28(26,11-5-9(7-21)4-10(6-11)8-22)17-14-13(24-16(17)18(23)25)3-2-12(19)15(14)20/h2-6,24H,1H3,(H2,23,25). The largest absolute Gasteiger partial charge is 0.364 e. The molecule has 0 saturated heterocycles. The maximum Gasteiger partial charge on any atom is 0.266 e. The zero-order chi connectivity index (χ0) is 20.6. The van der Waals surface area contributed by atoms with Crippen molar-refractivity contribution in [1.82, 2.24) is 4.98 Å². The van der Waals surface area contributed by atoms with Crippen molar-refractivity contribution in [3.8, 4) is 12.1 Å². The fourth-order valence-corrected chi connectivity index (χ4v) is 5.31. The second-order valence-corrected chi connectivity index (χ2v) is 8.56. The topological polar surface area (TPSA) is 133 Å². The Morgan fingerprint density at radius 2 is 1.86 bits per heavy atom. The Morgan fingerprint density at radius 1 is 1.25 bits per heavy atom. The van der Waals surface area contributed by atoms with E-state index in [-0.39, 0.29) is 43.4 Å². The number of hydrogen-bond donors (Lipinski definition) is 2. The van der Waals surface area contributed by atoms with Crippen molar-refractivity contribution in [1.29, 1.82) is 10.5 Å². The molecule has 0 spiro atoms. The Morgan fingerprint density at radius 3 is 2.36 bits per heavy atom. The second kappa shape index (κ2) is 7.10. The molecule has 1 aromatic heterocycles. The monoisotopic (exact) mass is 416 g/mol. The van der Waals surface area contributed by atoms with Gasteiger partial charge < -0.3 is 15.2 Å². The van der Waals surface area contributed by atoms with Gasteiger partial charge in [-0.3, -0.25) is 9.36 Å². The first-order chi connectivity index (χ1) is 13.3. The molecule has 1 amide bonds. The van der Waals surface area contributed by atoms with Gasteiger partial charge in [-0.15, -0.1) is 0 Å². The number of aromatic nitrogens is 1. The number of carbonyl (C=O) groups excluding carboxylic acids is 1.